The minimum Gasteiger partial charge on any atom is -0.469 e. The first kappa shape index (κ1) is 12.6. The van der Waals surface area contributed by atoms with Crippen LogP contribution in [0.3, 0.4) is 0 Å². The van der Waals surface area contributed by atoms with Crippen LogP contribution in [-0.4, -0.2) is 44.8 Å². The zero-order valence-electron chi connectivity index (χ0n) is 10.9. The van der Waals surface area contributed by atoms with Crippen molar-refractivity contribution in [1.82, 2.24) is 10.2 Å². The van der Waals surface area contributed by atoms with Crippen LogP contribution < -0.4 is 5.32 Å². The van der Waals surface area contributed by atoms with Gasteiger partial charge in [0.15, 0.2) is 0 Å². The van der Waals surface area contributed by atoms with Gasteiger partial charge in [0.05, 0.1) is 19.5 Å². The van der Waals surface area contributed by atoms with Crippen molar-refractivity contribution >= 4 is 0 Å². The maximum atomic E-state index is 5.51. The molecule has 2 atom stereocenters. The quantitative estimate of drug-likeness (QED) is 0.838. The van der Waals surface area contributed by atoms with Gasteiger partial charge in [0.25, 0.3) is 0 Å². The van der Waals surface area contributed by atoms with Gasteiger partial charge in [-0.05, 0) is 27.1 Å². The first-order valence-electron chi connectivity index (χ1n) is 6.17. The van der Waals surface area contributed by atoms with E-state index in [2.05, 4.69) is 17.3 Å². The standard InChI is InChI=1S/C13H22N2O2/c1-10-11(4-5-17-10)6-15(3)7-12-8-16-9-13(12)14-2/h4-5,12-14H,6-9H2,1-3H3. The van der Waals surface area contributed by atoms with Gasteiger partial charge in [0.1, 0.15) is 5.76 Å². The second kappa shape index (κ2) is 5.67. The molecular weight excluding hydrogens is 216 g/mol. The molecule has 1 saturated heterocycles. The van der Waals surface area contributed by atoms with Gasteiger partial charge < -0.3 is 19.4 Å². The highest BCUT2D eigenvalue weighted by Crippen LogP contribution is 2.17. The van der Waals surface area contributed by atoms with E-state index in [0.29, 0.717) is 12.0 Å². The van der Waals surface area contributed by atoms with Gasteiger partial charge in [0.2, 0.25) is 0 Å². The highest BCUT2D eigenvalue weighted by Gasteiger charge is 2.27. The Kier molecular flexibility index (Phi) is 4.20. The third-order valence-corrected chi connectivity index (χ3v) is 3.52. The third-order valence-electron chi connectivity index (χ3n) is 3.52. The van der Waals surface area contributed by atoms with Crippen molar-refractivity contribution in [2.75, 3.05) is 33.9 Å². The zero-order chi connectivity index (χ0) is 12.3. The number of nitrogens with zero attached hydrogens (tertiary/aromatic N) is 1. The Morgan fingerprint density at radius 3 is 2.94 bits per heavy atom. The number of furan rings is 1. The summed E-state index contributed by atoms with van der Waals surface area (Å²) in [6, 6.07) is 2.54. The lowest BCUT2D eigenvalue weighted by Gasteiger charge is -2.23. The Labute approximate surface area is 103 Å². The molecule has 0 aromatic carbocycles. The predicted octanol–water partition coefficient (Wildman–Crippen LogP) is 1.25. The van der Waals surface area contributed by atoms with Gasteiger partial charge in [-0.25, -0.2) is 0 Å². The number of hydrogen-bond acceptors (Lipinski definition) is 4. The highest BCUT2D eigenvalue weighted by atomic mass is 16.5. The number of aryl methyl sites for hydroxylation is 1. The topological polar surface area (TPSA) is 37.6 Å². The van der Waals surface area contributed by atoms with Gasteiger partial charge in [-0.3, -0.25) is 0 Å². The minimum absolute atomic E-state index is 0.489. The SMILES string of the molecule is CNC1COCC1CN(C)Cc1ccoc1C. The molecule has 17 heavy (non-hydrogen) atoms. The number of nitrogens with one attached hydrogen (secondary N) is 1. The van der Waals surface area contributed by atoms with E-state index in [1.807, 2.05) is 20.0 Å². The fourth-order valence-electron chi connectivity index (χ4n) is 2.43. The fraction of sp³-hybridized carbons (Fsp3) is 0.692. The summed E-state index contributed by atoms with van der Waals surface area (Å²) in [4.78, 5) is 2.33. The highest BCUT2D eigenvalue weighted by molar-refractivity contribution is 5.15. The summed E-state index contributed by atoms with van der Waals surface area (Å²) in [6.07, 6.45) is 1.76. The Morgan fingerprint density at radius 2 is 2.29 bits per heavy atom. The summed E-state index contributed by atoms with van der Waals surface area (Å²) in [7, 11) is 4.16. The summed E-state index contributed by atoms with van der Waals surface area (Å²) < 4.78 is 10.8. The van der Waals surface area contributed by atoms with E-state index in [9.17, 15) is 0 Å². The molecule has 0 saturated carbocycles. The second-order valence-electron chi connectivity index (χ2n) is 4.89. The molecular formula is C13H22N2O2. The number of likely N-dealkylation sites (N-methyl/N-ethyl adjacent to an activating group) is 1. The minimum atomic E-state index is 0.489. The van der Waals surface area contributed by atoms with Crippen LogP contribution in [0, 0.1) is 12.8 Å². The van der Waals surface area contributed by atoms with Crippen LogP contribution in [0.4, 0.5) is 0 Å². The maximum Gasteiger partial charge on any atom is 0.105 e. The van der Waals surface area contributed by atoms with E-state index in [-0.39, 0.29) is 0 Å². The van der Waals surface area contributed by atoms with E-state index in [1.165, 1.54) is 5.56 Å². The molecule has 1 N–H and O–H groups in total. The van der Waals surface area contributed by atoms with Crippen molar-refractivity contribution in [2.45, 2.75) is 19.5 Å². The Hall–Kier alpha value is -0.840. The third kappa shape index (κ3) is 3.09. The van der Waals surface area contributed by atoms with Gasteiger partial charge in [-0.2, -0.15) is 0 Å². The van der Waals surface area contributed by atoms with Crippen LogP contribution in [0.15, 0.2) is 16.7 Å². The normalized spacial score (nSPS) is 24.7. The summed E-state index contributed by atoms with van der Waals surface area (Å²) in [5.41, 5.74) is 1.27. The largest absolute Gasteiger partial charge is 0.469 e. The Morgan fingerprint density at radius 1 is 1.47 bits per heavy atom. The molecule has 2 heterocycles. The van der Waals surface area contributed by atoms with Crippen molar-refractivity contribution in [3.05, 3.63) is 23.7 Å². The number of ether oxygens (including phenoxy) is 1. The smallest absolute Gasteiger partial charge is 0.105 e. The van der Waals surface area contributed by atoms with Crippen LogP contribution in [0.5, 0.6) is 0 Å². The van der Waals surface area contributed by atoms with Crippen LogP contribution in [-0.2, 0) is 11.3 Å². The van der Waals surface area contributed by atoms with Crippen molar-refractivity contribution in [3.8, 4) is 0 Å². The second-order valence-corrected chi connectivity index (χ2v) is 4.89. The summed E-state index contributed by atoms with van der Waals surface area (Å²) >= 11 is 0. The molecule has 4 heteroatoms. The molecule has 1 aromatic heterocycles. The number of rotatable bonds is 5. The maximum absolute atomic E-state index is 5.51. The van der Waals surface area contributed by atoms with Crippen molar-refractivity contribution in [2.24, 2.45) is 5.92 Å². The van der Waals surface area contributed by atoms with Crippen LogP contribution in [0.1, 0.15) is 11.3 Å². The average Bonchev–Trinajstić information content (AvgIpc) is 2.89. The molecule has 0 amide bonds. The van der Waals surface area contributed by atoms with E-state index in [1.54, 1.807) is 6.26 Å². The number of hydrogen-bond donors (Lipinski definition) is 1. The first-order valence-corrected chi connectivity index (χ1v) is 6.17. The predicted molar refractivity (Wildman–Crippen MR) is 66.9 cm³/mol. The van der Waals surface area contributed by atoms with Gasteiger partial charge in [-0.15, -0.1) is 0 Å². The lowest BCUT2D eigenvalue weighted by atomic mass is 10.0. The van der Waals surface area contributed by atoms with E-state index < -0.39 is 0 Å². The molecule has 2 rings (SSSR count). The van der Waals surface area contributed by atoms with Crippen LogP contribution >= 0.6 is 0 Å². The van der Waals surface area contributed by atoms with Crippen molar-refractivity contribution in [3.63, 3.8) is 0 Å². The molecule has 1 aliphatic heterocycles. The first-order chi connectivity index (χ1) is 8.20. The van der Waals surface area contributed by atoms with Crippen molar-refractivity contribution in [1.29, 1.82) is 0 Å². The molecule has 1 aromatic rings. The molecule has 0 radical (unpaired) electrons. The monoisotopic (exact) mass is 238 g/mol. The van der Waals surface area contributed by atoms with Crippen molar-refractivity contribution < 1.29 is 9.15 Å². The molecule has 0 bridgehead atoms. The molecule has 1 aliphatic rings. The van der Waals surface area contributed by atoms with E-state index in [0.717, 1.165) is 32.1 Å². The average molecular weight is 238 g/mol. The summed E-state index contributed by atoms with van der Waals surface area (Å²) in [6.45, 7) is 5.70. The molecule has 2 unspecified atom stereocenters. The molecule has 96 valence electrons. The molecule has 1 fully saturated rings. The molecule has 0 aliphatic carbocycles. The lowest BCUT2D eigenvalue weighted by molar-refractivity contribution is 0.172. The van der Waals surface area contributed by atoms with Crippen LogP contribution in [0.2, 0.25) is 0 Å². The zero-order valence-corrected chi connectivity index (χ0v) is 10.9. The Bertz CT molecular complexity index is 351. The van der Waals surface area contributed by atoms with Gasteiger partial charge in [0, 0.05) is 30.6 Å². The summed E-state index contributed by atoms with van der Waals surface area (Å²) in [5, 5.41) is 3.32. The van der Waals surface area contributed by atoms with E-state index in [4.69, 9.17) is 9.15 Å². The fourth-order valence-corrected chi connectivity index (χ4v) is 2.43. The molecule has 0 spiro atoms. The molecule has 4 nitrogen and oxygen atoms in total. The summed E-state index contributed by atoms with van der Waals surface area (Å²) in [5.74, 6) is 1.60. The Balaban J connectivity index is 1.85. The van der Waals surface area contributed by atoms with Gasteiger partial charge >= 0.3 is 0 Å². The van der Waals surface area contributed by atoms with E-state index >= 15 is 0 Å². The lowest BCUT2D eigenvalue weighted by Crippen LogP contribution is -2.38. The van der Waals surface area contributed by atoms with Gasteiger partial charge in [-0.1, -0.05) is 0 Å². The van der Waals surface area contributed by atoms with Crippen LogP contribution in [0.25, 0.3) is 0 Å².